The van der Waals surface area contributed by atoms with Crippen LogP contribution in [0.4, 0.5) is 34.1 Å². The van der Waals surface area contributed by atoms with E-state index in [1.165, 1.54) is 33.1 Å². The molecule has 2 saturated heterocycles. The molecule has 8 N–H and O–H groups in total. The molecule has 0 saturated carbocycles. The highest BCUT2D eigenvalue weighted by Crippen LogP contribution is 2.49. The third-order valence-corrected chi connectivity index (χ3v) is 18.4. The molecule has 510 valence electrons. The molecule has 24 nitrogen and oxygen atoms in total. The summed E-state index contributed by atoms with van der Waals surface area (Å²) in [7, 11) is 5.26. The number of allylic oxidation sites excluding steroid dienone is 3. The maximum absolute atomic E-state index is 15.1. The fourth-order valence-electron chi connectivity index (χ4n) is 10.7. The molecule has 4 bridgehead atoms. The van der Waals surface area contributed by atoms with Gasteiger partial charge in [0.25, 0.3) is 5.91 Å². The number of rotatable bonds is 25. The average molecular weight is 1450 g/mol. The summed E-state index contributed by atoms with van der Waals surface area (Å²) >= 11 is 13.4. The van der Waals surface area contributed by atoms with Gasteiger partial charge in [-0.2, -0.15) is 13.2 Å². The maximum Gasteiger partial charge on any atom is 0.417 e. The Kier molecular flexibility index (Phi) is 27.8. The van der Waals surface area contributed by atoms with Crippen molar-refractivity contribution in [3.63, 3.8) is 0 Å². The first-order chi connectivity index (χ1) is 43.1. The lowest BCUT2D eigenvalue weighted by Gasteiger charge is -2.42. The van der Waals surface area contributed by atoms with Gasteiger partial charge in [-0.05, 0) is 108 Å². The van der Waals surface area contributed by atoms with Crippen molar-refractivity contribution in [2.24, 2.45) is 23.5 Å². The van der Waals surface area contributed by atoms with Crippen LogP contribution in [0, 0.1) is 17.8 Å². The van der Waals surface area contributed by atoms with Crippen LogP contribution in [-0.2, 0) is 65.0 Å². The lowest BCUT2D eigenvalue weighted by molar-refractivity contribution is -0.158. The number of likely N-dealkylation sites (N-methyl/N-ethyl adjacent to an activating group) is 1. The summed E-state index contributed by atoms with van der Waals surface area (Å²) in [5.74, 6) is -7.18. The molecule has 2 fully saturated rings. The fourth-order valence-corrected chi connectivity index (χ4v) is 12.6. The number of halogens is 6. The Labute approximate surface area is 554 Å². The first-order valence-electron chi connectivity index (χ1n) is 30.0. The number of hydrogen-bond donors (Lipinski definition) is 7. The van der Waals surface area contributed by atoms with Gasteiger partial charge in [0.1, 0.15) is 52.8 Å². The zero-order valence-corrected chi connectivity index (χ0v) is 57.2. The van der Waals surface area contributed by atoms with Gasteiger partial charge in [0.2, 0.25) is 23.6 Å². The van der Waals surface area contributed by atoms with Gasteiger partial charge in [0, 0.05) is 62.9 Å². The molecule has 2 aromatic rings. The number of amides is 8. The van der Waals surface area contributed by atoms with Crippen molar-refractivity contribution in [2.45, 2.75) is 172 Å². The third kappa shape index (κ3) is 20.2. The molecule has 92 heavy (non-hydrogen) atoms. The Morgan fingerprint density at radius 2 is 1.66 bits per heavy atom. The van der Waals surface area contributed by atoms with Crippen LogP contribution in [0.25, 0.3) is 0 Å². The largest absolute Gasteiger partial charge is 0.495 e. The lowest BCUT2D eigenvalue weighted by atomic mass is 9.83. The molecule has 11 atom stereocenters. The molecule has 2 aromatic carbocycles. The number of ether oxygens (including phenoxy) is 6. The number of alkyl halides is 5. The molecule has 3 aliphatic rings. The Hall–Kier alpha value is -6.53. The number of nitrogens with one attached hydrogen (secondary N) is 5. The smallest absolute Gasteiger partial charge is 0.417 e. The summed E-state index contributed by atoms with van der Waals surface area (Å²) < 4.78 is 80.2. The summed E-state index contributed by atoms with van der Waals surface area (Å²) in [4.78, 5) is 123. The van der Waals surface area contributed by atoms with E-state index in [4.69, 9.17) is 45.8 Å². The second kappa shape index (κ2) is 33.5. The Morgan fingerprint density at radius 3 is 2.28 bits per heavy atom. The fraction of sp³-hybridized carbons (Fsp3) is 0.597. The van der Waals surface area contributed by atoms with Crippen molar-refractivity contribution in [3.05, 3.63) is 75.8 Å². The van der Waals surface area contributed by atoms with E-state index in [0.29, 0.717) is 52.9 Å². The average Bonchev–Trinajstić information content (AvgIpc) is 1.57. The second-order valence-electron chi connectivity index (χ2n) is 23.8. The molecule has 5 rings (SSSR count). The highest BCUT2D eigenvalue weighted by atomic mass is 79.9. The van der Waals surface area contributed by atoms with Crippen LogP contribution in [0.15, 0.2) is 54.1 Å². The van der Waals surface area contributed by atoms with E-state index >= 15 is 13.2 Å². The van der Waals surface area contributed by atoms with Crippen molar-refractivity contribution < 1.29 is 89.8 Å². The number of alkyl carbamates (subject to hydrolysis) is 1. The Morgan fingerprint density at radius 1 is 0.978 bits per heavy atom. The number of fused-ring (bicyclic) bond motifs is 5. The number of hydrogen-bond acceptors (Lipinski definition) is 16. The lowest BCUT2D eigenvalue weighted by Crippen LogP contribution is -2.63. The number of epoxide rings is 1. The van der Waals surface area contributed by atoms with Crippen molar-refractivity contribution in [3.8, 4) is 5.75 Å². The highest BCUT2D eigenvalue weighted by Gasteiger charge is 2.64. The molecule has 30 heteroatoms. The summed E-state index contributed by atoms with van der Waals surface area (Å²) in [6, 6.07) is 0.519. The SMILES string of the molecule is COc1cc2cc(c1Cl)N(C)C(=O)C[C@H](OC(=O)[C@H](C)N(C)C(=O)c1ccc(NC(=O)[C@H](CCCNC(N)=O)NC(=O)[C@@H](NC(=O)CCCCC(C)OC(=O)C(CBr)CBr)C(C)C)cc1C(F)(F)F)[C@]1(C)O[C@H]1[C@H](C)[C@@H]1C[C@@](O)(NC(=O)O1)[C@H](OC)/C=C/C=C(\C)C2. The number of nitrogens with zero attached hydrogens (tertiary/aromatic N) is 2. The van der Waals surface area contributed by atoms with E-state index in [-0.39, 0.29) is 60.6 Å². The van der Waals surface area contributed by atoms with Gasteiger partial charge in [0.05, 0.1) is 48.5 Å². The van der Waals surface area contributed by atoms with Gasteiger partial charge in [-0.1, -0.05) is 88.0 Å². The van der Waals surface area contributed by atoms with Crippen molar-refractivity contribution in [2.75, 3.05) is 55.7 Å². The molecule has 8 amide bonds. The number of benzene rings is 2. The minimum atomic E-state index is -5.25. The zero-order chi connectivity index (χ0) is 68.7. The van der Waals surface area contributed by atoms with Crippen LogP contribution in [0.2, 0.25) is 5.02 Å². The molecule has 0 aliphatic carbocycles. The van der Waals surface area contributed by atoms with E-state index in [0.717, 1.165) is 24.8 Å². The van der Waals surface area contributed by atoms with E-state index in [1.54, 1.807) is 65.0 Å². The van der Waals surface area contributed by atoms with Gasteiger partial charge in [-0.15, -0.1) is 0 Å². The second-order valence-corrected chi connectivity index (χ2v) is 25.5. The van der Waals surface area contributed by atoms with E-state index in [9.17, 15) is 48.3 Å². The van der Waals surface area contributed by atoms with Crippen molar-refractivity contribution in [1.82, 2.24) is 26.2 Å². The number of primary amides is 1. The van der Waals surface area contributed by atoms with Crippen LogP contribution in [0.5, 0.6) is 5.75 Å². The molecule has 0 aromatic heterocycles. The van der Waals surface area contributed by atoms with Crippen LogP contribution in [-0.4, -0.2) is 169 Å². The number of aliphatic hydroxyl groups is 1. The summed E-state index contributed by atoms with van der Waals surface area (Å²) in [6.45, 7) is 11.2. The normalized spacial score (nSPS) is 24.0. The monoisotopic (exact) mass is 1450 g/mol. The summed E-state index contributed by atoms with van der Waals surface area (Å²) in [6.07, 6.45) is -5.38. The molecule has 3 aliphatic heterocycles. The van der Waals surface area contributed by atoms with Gasteiger partial charge in [0.15, 0.2) is 5.72 Å². The van der Waals surface area contributed by atoms with Crippen molar-refractivity contribution >= 4 is 108 Å². The Balaban J connectivity index is 1.37. The third-order valence-electron chi connectivity index (χ3n) is 16.4. The van der Waals surface area contributed by atoms with Gasteiger partial charge >= 0.3 is 30.2 Å². The zero-order valence-electron chi connectivity index (χ0n) is 53.3. The number of methoxy groups -OCH3 is 2. The molecular formula is C62H84Br2ClF3N8O16. The molecule has 0 spiro atoms. The van der Waals surface area contributed by atoms with Crippen LogP contribution in [0.3, 0.4) is 0 Å². The predicted octanol–water partition coefficient (Wildman–Crippen LogP) is 7.76. The first kappa shape index (κ1) is 76.2. The predicted molar refractivity (Wildman–Crippen MR) is 341 cm³/mol. The number of carbonyl (C=O) groups is 9. The standard InChI is InChI=1S/C62H84Br2ClF3N8O16/c1-32(2)51(73-48(77)20-13-12-17-34(4)89-57(83)38(30-63)31-64)54(80)72-42(18-15-23-70-58(69)84)53(79)71-39-21-22-40(41(27-39)62(66,67)68)55(81)75(8)36(6)56(82)91-47-28-49(78)76(9)43-25-37(26-44(87-10)50(43)65)24-33(3)16-14-19-46(88-11)61(86)29-45(90-59(85)74-61)35(5)52-60(47,7)92-52/h14,16,19,21-22,25-27,32,34-36,38,42,45-47,51-52,86H,12-13,15,17-18,20,23-24,28-31H2,1-11H3,(H,71,79)(H,72,80)(H,73,77)(H,74,85)(H3,69,70,84)/b19-14+,33-16+/t34?,35-,36+,42+,45+,46-,47+,51+,52+,60+,61+/m1/s1. The number of urea groups is 1. The van der Waals surface area contributed by atoms with Crippen LogP contribution in [0.1, 0.15) is 121 Å². The number of esters is 2. The van der Waals surface area contributed by atoms with Gasteiger partial charge in [-0.25, -0.2) is 14.4 Å². The number of nitrogens with two attached hydrogens (primary N) is 1. The quantitative estimate of drug-likeness (QED) is 0.0164. The molecule has 1 unspecified atom stereocenters. The summed E-state index contributed by atoms with van der Waals surface area (Å²) in [5.41, 5.74) is 0.487. The highest BCUT2D eigenvalue weighted by molar-refractivity contribution is 9.09. The topological polar surface area (TPSA) is 325 Å². The number of carbonyl (C=O) groups excluding carboxylic acids is 9. The Bertz CT molecular complexity index is 3090. The molecule has 0 radical (unpaired) electrons. The minimum absolute atomic E-state index is 0.00529. The van der Waals surface area contributed by atoms with E-state index in [1.807, 2.05) is 6.92 Å². The maximum atomic E-state index is 15.1. The van der Waals surface area contributed by atoms with Crippen LogP contribution < -0.4 is 42.0 Å². The molecule has 3 heterocycles. The number of unbranched alkanes of at least 4 members (excludes halogenated alkanes) is 1. The summed E-state index contributed by atoms with van der Waals surface area (Å²) in [5, 5.41) is 25.3. The first-order valence-corrected chi connectivity index (χ1v) is 32.6. The van der Waals surface area contributed by atoms with Crippen molar-refractivity contribution in [1.29, 1.82) is 0 Å². The van der Waals surface area contributed by atoms with Gasteiger partial charge in [-0.3, -0.25) is 34.1 Å². The van der Waals surface area contributed by atoms with Gasteiger partial charge < -0.3 is 70.3 Å². The molecular weight excluding hydrogens is 1360 g/mol. The number of anilines is 2. The van der Waals surface area contributed by atoms with E-state index < -0.39 is 149 Å². The minimum Gasteiger partial charge on any atom is -0.495 e. The van der Waals surface area contributed by atoms with E-state index in [2.05, 4.69) is 58.4 Å². The van der Waals surface area contributed by atoms with Crippen LogP contribution >= 0.6 is 43.5 Å².